The minimum atomic E-state index is -2.65. The molecule has 0 bridgehead atoms. The van der Waals surface area contributed by atoms with E-state index < -0.39 is 8.07 Å². The molecule has 8 nitrogen and oxygen atoms in total. The summed E-state index contributed by atoms with van der Waals surface area (Å²) in [4.78, 5) is 23.4. The number of fused-ring (bicyclic) bond motifs is 2. The normalized spacial score (nSPS) is 13.2. The van der Waals surface area contributed by atoms with E-state index in [1.165, 1.54) is 54.5 Å². The minimum absolute atomic E-state index is 0.797. The van der Waals surface area contributed by atoms with Crippen LogP contribution in [0.3, 0.4) is 0 Å². The summed E-state index contributed by atoms with van der Waals surface area (Å²) < 4.78 is 4.56. The van der Waals surface area contributed by atoms with E-state index in [0.717, 1.165) is 57.1 Å². The van der Waals surface area contributed by atoms with Crippen LogP contribution in [0.25, 0.3) is 54.7 Å². The number of hydrogen-bond acceptors (Lipinski definition) is 6. The standard InChI is InChI=1S/C66H50N8Si/c1-75(2)65(51-27-35-55(36-28-51)73(59-19-7-11-41-67-59)60-20-8-12-42-68-60)63(49-23-31-53(32-24-49)71-45-39-47-15-3-5-17-57(47)71)64(50-25-33-54(34-26-50)72-46-40-48-16-4-6-18-58(48)72)66(75)52-29-37-56(38-30-52)74(61-21-9-13-43-69-61)62-22-10-14-44-70-62/h3-46H,1-2H3. The van der Waals surface area contributed by atoms with Crippen LogP contribution in [0.1, 0.15) is 22.3 Å². The molecule has 0 saturated carbocycles. The maximum Gasteiger partial charge on any atom is 0.138 e. The van der Waals surface area contributed by atoms with Gasteiger partial charge in [-0.1, -0.05) is 122 Å². The highest BCUT2D eigenvalue weighted by Gasteiger charge is 2.44. The van der Waals surface area contributed by atoms with Crippen molar-refractivity contribution in [2.45, 2.75) is 13.1 Å². The van der Waals surface area contributed by atoms with Gasteiger partial charge < -0.3 is 9.13 Å². The molecule has 0 unspecified atom stereocenters. The van der Waals surface area contributed by atoms with Crippen molar-refractivity contribution in [1.82, 2.24) is 29.1 Å². The molecule has 0 amide bonds. The first-order chi connectivity index (χ1) is 37.0. The summed E-state index contributed by atoms with van der Waals surface area (Å²) in [6.07, 6.45) is 11.7. The van der Waals surface area contributed by atoms with E-state index in [-0.39, 0.29) is 0 Å². The molecule has 7 heterocycles. The van der Waals surface area contributed by atoms with Crippen molar-refractivity contribution in [2.24, 2.45) is 0 Å². The largest absolute Gasteiger partial charge is 0.317 e. The first-order valence-corrected chi connectivity index (χ1v) is 28.3. The van der Waals surface area contributed by atoms with Crippen LogP contribution in [0.2, 0.25) is 13.1 Å². The van der Waals surface area contributed by atoms with Gasteiger partial charge in [0.2, 0.25) is 0 Å². The summed E-state index contributed by atoms with van der Waals surface area (Å²) in [5.41, 5.74) is 13.7. The van der Waals surface area contributed by atoms with Gasteiger partial charge in [-0.2, -0.15) is 0 Å². The molecule has 0 aliphatic carbocycles. The van der Waals surface area contributed by atoms with Gasteiger partial charge in [0.1, 0.15) is 31.3 Å². The second-order valence-electron chi connectivity index (χ2n) is 19.2. The average Bonchev–Trinajstić information content (AvgIpc) is 4.18. The Labute approximate surface area is 437 Å². The molecular weight excluding hydrogens is 933 g/mol. The third kappa shape index (κ3) is 8.21. The summed E-state index contributed by atoms with van der Waals surface area (Å²) in [6, 6.07) is 82.0. The van der Waals surface area contributed by atoms with Gasteiger partial charge in [-0.25, -0.2) is 19.9 Å². The lowest BCUT2D eigenvalue weighted by molar-refractivity contribution is 1.12. The quantitative estimate of drug-likeness (QED) is 0.114. The zero-order valence-corrected chi connectivity index (χ0v) is 42.5. The van der Waals surface area contributed by atoms with E-state index in [0.29, 0.717) is 0 Å². The van der Waals surface area contributed by atoms with Crippen molar-refractivity contribution < 1.29 is 0 Å². The number of allylic oxidation sites excluding steroid dienone is 2. The highest BCUT2D eigenvalue weighted by molar-refractivity contribution is 7.13. The molecule has 0 atom stereocenters. The van der Waals surface area contributed by atoms with E-state index in [2.05, 4.69) is 202 Å². The van der Waals surface area contributed by atoms with E-state index in [1.807, 2.05) is 97.6 Å². The molecule has 1 aliphatic heterocycles. The molecule has 358 valence electrons. The summed E-state index contributed by atoms with van der Waals surface area (Å²) in [6.45, 7) is 5.05. The lowest BCUT2D eigenvalue weighted by atomic mass is 9.89. The smallest absolute Gasteiger partial charge is 0.138 e. The number of benzene rings is 6. The number of hydrogen-bond donors (Lipinski definition) is 0. The summed E-state index contributed by atoms with van der Waals surface area (Å²) >= 11 is 0. The van der Waals surface area contributed by atoms with E-state index in [9.17, 15) is 0 Å². The highest BCUT2D eigenvalue weighted by Crippen LogP contribution is 2.56. The number of para-hydroxylation sites is 2. The lowest BCUT2D eigenvalue weighted by Gasteiger charge is -2.28. The SMILES string of the molecule is C[Si]1(C)C(c2ccc(N(c3ccccn3)c3ccccn3)cc2)=C(c2ccc(-n3ccc4ccccc43)cc2)C(c2ccc(-n3ccc4ccccc43)cc2)=C1c1ccc(N(c2ccccn2)c2ccccn2)cc1. The fourth-order valence-electron chi connectivity index (χ4n) is 11.0. The molecule has 6 aromatic carbocycles. The zero-order valence-electron chi connectivity index (χ0n) is 41.5. The topological polar surface area (TPSA) is 67.9 Å². The predicted molar refractivity (Wildman–Crippen MR) is 311 cm³/mol. The molecule has 12 aromatic rings. The van der Waals surface area contributed by atoms with Crippen LogP contribution in [0.5, 0.6) is 0 Å². The van der Waals surface area contributed by atoms with Crippen molar-refractivity contribution in [3.63, 3.8) is 0 Å². The fourth-order valence-corrected chi connectivity index (χ4v) is 14.9. The number of aromatic nitrogens is 6. The van der Waals surface area contributed by atoms with Crippen molar-refractivity contribution in [2.75, 3.05) is 9.80 Å². The zero-order chi connectivity index (χ0) is 50.3. The Kier molecular flexibility index (Phi) is 11.5. The molecule has 13 rings (SSSR count). The average molecular weight is 983 g/mol. The van der Waals surface area contributed by atoms with E-state index in [4.69, 9.17) is 19.9 Å². The van der Waals surface area contributed by atoms with Crippen LogP contribution >= 0.6 is 0 Å². The molecule has 75 heavy (non-hydrogen) atoms. The van der Waals surface area contributed by atoms with Crippen LogP contribution in [0.15, 0.2) is 268 Å². The van der Waals surface area contributed by atoms with E-state index >= 15 is 0 Å². The predicted octanol–water partition coefficient (Wildman–Crippen LogP) is 16.4. The van der Waals surface area contributed by atoms with Crippen molar-refractivity contribution in [3.8, 4) is 11.4 Å². The third-order valence-electron chi connectivity index (χ3n) is 14.4. The molecule has 0 radical (unpaired) electrons. The Bertz CT molecular complexity index is 3690. The molecule has 0 saturated heterocycles. The van der Waals surface area contributed by atoms with Gasteiger partial charge in [0, 0.05) is 59.9 Å². The number of anilines is 6. The lowest BCUT2D eigenvalue weighted by Crippen LogP contribution is -2.28. The first-order valence-electron chi connectivity index (χ1n) is 25.3. The van der Waals surface area contributed by atoms with Crippen molar-refractivity contribution >= 4 is 86.1 Å². The molecule has 6 aromatic heterocycles. The molecular formula is C66H50N8Si. The summed E-state index contributed by atoms with van der Waals surface area (Å²) in [5.74, 6) is 3.19. The maximum atomic E-state index is 4.79. The molecule has 9 heteroatoms. The number of rotatable bonds is 12. The number of nitrogens with zero attached hydrogens (tertiary/aromatic N) is 8. The van der Waals surface area contributed by atoms with Crippen LogP contribution in [0.4, 0.5) is 34.6 Å². The molecule has 1 aliphatic rings. The van der Waals surface area contributed by atoms with Gasteiger partial charge in [-0.3, -0.25) is 9.80 Å². The maximum absolute atomic E-state index is 4.79. The highest BCUT2D eigenvalue weighted by atomic mass is 28.3. The van der Waals surface area contributed by atoms with Gasteiger partial charge in [0.05, 0.1) is 11.0 Å². The number of pyridine rings is 4. The minimum Gasteiger partial charge on any atom is -0.317 e. The molecule has 0 fully saturated rings. The van der Waals surface area contributed by atoms with E-state index in [1.54, 1.807) is 0 Å². The third-order valence-corrected chi connectivity index (χ3v) is 18.0. The van der Waals surface area contributed by atoms with Crippen molar-refractivity contribution in [3.05, 3.63) is 290 Å². The van der Waals surface area contributed by atoms with Gasteiger partial charge in [0.15, 0.2) is 0 Å². The second-order valence-corrected chi connectivity index (χ2v) is 23.5. The van der Waals surface area contributed by atoms with Crippen molar-refractivity contribution in [1.29, 1.82) is 0 Å². The Morgan fingerprint density at radius 1 is 0.320 bits per heavy atom. The Hall–Kier alpha value is -9.70. The Balaban J connectivity index is 1.01. The van der Waals surface area contributed by atoms with Gasteiger partial charge >= 0.3 is 0 Å². The van der Waals surface area contributed by atoms with Crippen LogP contribution in [-0.2, 0) is 0 Å². The van der Waals surface area contributed by atoms with Crippen LogP contribution < -0.4 is 9.80 Å². The Morgan fingerprint density at radius 3 is 0.973 bits per heavy atom. The fraction of sp³-hybridized carbons (Fsp3) is 0.0303. The van der Waals surface area contributed by atoms with Crippen LogP contribution in [-0.4, -0.2) is 37.1 Å². The first kappa shape index (κ1) is 45.2. The van der Waals surface area contributed by atoms with Gasteiger partial charge in [-0.15, -0.1) is 0 Å². The Morgan fingerprint density at radius 2 is 0.640 bits per heavy atom. The molecule has 0 spiro atoms. The van der Waals surface area contributed by atoms with Gasteiger partial charge in [0.25, 0.3) is 0 Å². The second kappa shape index (κ2) is 19.0. The van der Waals surface area contributed by atoms with Gasteiger partial charge in [-0.05, 0) is 176 Å². The summed E-state index contributed by atoms with van der Waals surface area (Å²) in [5, 5.41) is 5.16. The van der Waals surface area contributed by atoms with Crippen LogP contribution in [0, 0.1) is 0 Å². The summed E-state index contributed by atoms with van der Waals surface area (Å²) in [7, 11) is -2.65. The monoisotopic (exact) mass is 982 g/mol. The molecule has 0 N–H and O–H groups in total.